The molecule has 224 valence electrons. The van der Waals surface area contributed by atoms with E-state index >= 15 is 0 Å². The lowest BCUT2D eigenvalue weighted by Crippen LogP contribution is -2.44. The van der Waals surface area contributed by atoms with E-state index in [1.165, 1.54) is 37.0 Å². The normalized spacial score (nSPS) is 24.2. The first-order chi connectivity index (χ1) is 19.1. The first-order valence-electron chi connectivity index (χ1n) is 11.8. The molecule has 41 heavy (non-hydrogen) atoms. The zero-order valence-corrected chi connectivity index (χ0v) is 23.9. The van der Waals surface area contributed by atoms with Crippen molar-refractivity contribution >= 4 is 46.7 Å². The first-order valence-corrected chi connectivity index (χ1v) is 15.2. The molecule has 0 aliphatic carbocycles. The number of ether oxygens (including phenoxy) is 2. The molecule has 1 saturated heterocycles. The standard InChI is InChI=1S/C21H29N8O10PS/c1-21(32)15(31)18(39-40(33,24-10-13(30)36-3)38-12-8-6-5-7-9-12)37-19(21)29-11-23-14-16(25-20(22)26-17(14)29)28(2)27-41(4,34)35/h5-9,11,15,18-19,27,31-32H,10H2,1-4H3,(H,24,33)(H2,22,25,26)/t15?,18?,19-,21-,40?/m1/s1. The van der Waals surface area contributed by atoms with Crippen LogP contribution in [0.5, 0.6) is 5.75 Å². The number of aliphatic hydroxyl groups excluding tert-OH is 1. The van der Waals surface area contributed by atoms with Gasteiger partial charge >= 0.3 is 13.7 Å². The summed E-state index contributed by atoms with van der Waals surface area (Å²) in [6.45, 7) is 0.647. The molecule has 3 aromatic rings. The van der Waals surface area contributed by atoms with Gasteiger partial charge in [-0.2, -0.15) is 9.97 Å². The maximum atomic E-state index is 13.6. The van der Waals surface area contributed by atoms with Gasteiger partial charge in [0.15, 0.2) is 23.2 Å². The van der Waals surface area contributed by atoms with E-state index in [1.807, 2.05) is 0 Å². The van der Waals surface area contributed by atoms with Crippen molar-refractivity contribution in [1.82, 2.24) is 29.4 Å². The third kappa shape index (κ3) is 6.74. The number of nitrogens with two attached hydrogens (primary N) is 1. The highest BCUT2D eigenvalue weighted by Crippen LogP contribution is 2.50. The number of para-hydroxylation sites is 1. The molecule has 0 radical (unpaired) electrons. The number of hydrogen-bond donors (Lipinski definition) is 5. The maximum Gasteiger partial charge on any atom is 0.461 e. The predicted molar refractivity (Wildman–Crippen MR) is 142 cm³/mol. The average molecular weight is 617 g/mol. The lowest BCUT2D eigenvalue weighted by molar-refractivity contribution is -0.140. The summed E-state index contributed by atoms with van der Waals surface area (Å²) in [4.78, 5) is 26.3. The number of benzene rings is 1. The minimum Gasteiger partial charge on any atom is -0.468 e. The molecule has 2 aromatic heterocycles. The Bertz CT molecular complexity index is 1570. The number of imidazole rings is 1. The summed E-state index contributed by atoms with van der Waals surface area (Å²) >= 11 is 0. The average Bonchev–Trinajstić information content (AvgIpc) is 3.39. The smallest absolute Gasteiger partial charge is 0.461 e. The molecular weight excluding hydrogens is 587 g/mol. The highest BCUT2D eigenvalue weighted by atomic mass is 32.2. The van der Waals surface area contributed by atoms with E-state index in [9.17, 15) is 28.0 Å². The maximum absolute atomic E-state index is 13.6. The zero-order valence-electron chi connectivity index (χ0n) is 22.2. The van der Waals surface area contributed by atoms with Crippen LogP contribution in [0.2, 0.25) is 0 Å². The summed E-state index contributed by atoms with van der Waals surface area (Å²) in [5.41, 5.74) is 3.82. The Balaban J connectivity index is 1.66. The van der Waals surface area contributed by atoms with Crippen molar-refractivity contribution in [2.24, 2.45) is 0 Å². The molecule has 0 spiro atoms. The Morgan fingerprint density at radius 1 is 1.32 bits per heavy atom. The van der Waals surface area contributed by atoms with Gasteiger partial charge in [-0.3, -0.25) is 18.9 Å². The fourth-order valence-corrected chi connectivity index (χ4v) is 5.81. The number of fused-ring (bicyclic) bond motifs is 1. The highest BCUT2D eigenvalue weighted by molar-refractivity contribution is 7.88. The monoisotopic (exact) mass is 616 g/mol. The molecule has 18 nitrogen and oxygen atoms in total. The highest BCUT2D eigenvalue weighted by Gasteiger charge is 2.56. The molecule has 3 unspecified atom stereocenters. The molecule has 1 fully saturated rings. The van der Waals surface area contributed by atoms with Crippen LogP contribution in [0.3, 0.4) is 0 Å². The first kappa shape index (κ1) is 30.5. The number of carbonyl (C=O) groups is 1. The van der Waals surface area contributed by atoms with E-state index < -0.39 is 54.5 Å². The predicted octanol–water partition coefficient (Wildman–Crippen LogP) is -0.758. The summed E-state index contributed by atoms with van der Waals surface area (Å²) < 4.78 is 59.7. The lowest BCUT2D eigenvalue weighted by atomic mass is 9.99. The number of rotatable bonds is 11. The summed E-state index contributed by atoms with van der Waals surface area (Å²) in [5, 5.41) is 25.6. The Morgan fingerprint density at radius 2 is 2.00 bits per heavy atom. The van der Waals surface area contributed by atoms with E-state index in [2.05, 4.69) is 29.6 Å². The number of sulfonamides is 1. The molecule has 0 bridgehead atoms. The molecule has 6 N–H and O–H groups in total. The van der Waals surface area contributed by atoms with Crippen LogP contribution in [0, 0.1) is 0 Å². The van der Waals surface area contributed by atoms with Crippen LogP contribution in [0.4, 0.5) is 11.8 Å². The topological polar surface area (TPSA) is 243 Å². The number of methoxy groups -OCH3 is 1. The van der Waals surface area contributed by atoms with Crippen molar-refractivity contribution in [2.45, 2.75) is 31.1 Å². The number of nitrogen functional groups attached to an aromatic ring is 1. The van der Waals surface area contributed by atoms with Gasteiger partial charge in [-0.25, -0.2) is 23.1 Å². The molecule has 1 aromatic carbocycles. The molecule has 5 atom stereocenters. The van der Waals surface area contributed by atoms with Gasteiger partial charge in [-0.05, 0) is 19.1 Å². The molecule has 20 heteroatoms. The minimum atomic E-state index is -4.44. The molecule has 4 rings (SSSR count). The van der Waals surface area contributed by atoms with Crippen LogP contribution in [-0.4, -0.2) is 89.1 Å². The van der Waals surface area contributed by atoms with Gasteiger partial charge in [0.25, 0.3) is 0 Å². The summed E-state index contributed by atoms with van der Waals surface area (Å²) in [7, 11) is -5.64. The van der Waals surface area contributed by atoms with Gasteiger partial charge in [0.1, 0.15) is 24.0 Å². The van der Waals surface area contributed by atoms with Crippen molar-refractivity contribution in [3.8, 4) is 5.75 Å². The fraction of sp³-hybridized carbons (Fsp3) is 0.429. The SMILES string of the molecule is COC(=O)CNP(=O)(Oc1ccccc1)OC1O[C@@H](n2cnc3c(N(C)NS(C)(=O)=O)nc(N)nc32)[C@](C)(O)C1O. The van der Waals surface area contributed by atoms with Crippen LogP contribution in [0.1, 0.15) is 13.2 Å². The Morgan fingerprint density at radius 3 is 2.63 bits per heavy atom. The van der Waals surface area contributed by atoms with Gasteiger partial charge in [-0.15, -0.1) is 4.83 Å². The van der Waals surface area contributed by atoms with Crippen molar-refractivity contribution in [3.63, 3.8) is 0 Å². The third-order valence-electron chi connectivity index (χ3n) is 5.77. The number of esters is 1. The number of carbonyl (C=O) groups excluding carboxylic acids is 1. The Kier molecular flexibility index (Phi) is 8.53. The summed E-state index contributed by atoms with van der Waals surface area (Å²) in [6.07, 6.45) is -2.89. The number of aliphatic hydroxyl groups is 2. The number of hydrogen-bond acceptors (Lipinski definition) is 15. The number of hydrazine groups is 1. The molecule has 0 saturated carbocycles. The van der Waals surface area contributed by atoms with Gasteiger partial charge in [0.2, 0.25) is 22.3 Å². The molecule has 3 heterocycles. The van der Waals surface area contributed by atoms with Crippen molar-refractivity contribution in [1.29, 1.82) is 0 Å². The summed E-state index contributed by atoms with van der Waals surface area (Å²) in [6, 6.07) is 7.87. The molecule has 0 amide bonds. The van der Waals surface area contributed by atoms with Crippen molar-refractivity contribution in [3.05, 3.63) is 36.7 Å². The molecule has 1 aliphatic rings. The van der Waals surface area contributed by atoms with E-state index in [-0.39, 0.29) is 28.7 Å². The van der Waals surface area contributed by atoms with Gasteiger partial charge in [0.05, 0.1) is 19.7 Å². The third-order valence-corrected chi connectivity index (χ3v) is 7.86. The van der Waals surface area contributed by atoms with Gasteiger partial charge in [0, 0.05) is 7.05 Å². The number of nitrogens with one attached hydrogen (secondary N) is 2. The zero-order chi connectivity index (χ0) is 30.2. The molecule has 1 aliphatic heterocycles. The van der Waals surface area contributed by atoms with E-state index in [0.29, 0.717) is 0 Å². The largest absolute Gasteiger partial charge is 0.468 e. The van der Waals surface area contributed by atoms with Crippen LogP contribution in [0.15, 0.2) is 36.7 Å². The van der Waals surface area contributed by atoms with Gasteiger partial charge in [-0.1, -0.05) is 18.2 Å². The number of anilines is 2. The van der Waals surface area contributed by atoms with Crippen molar-refractivity contribution in [2.75, 3.05) is 37.7 Å². The van der Waals surface area contributed by atoms with Crippen LogP contribution in [-0.2, 0) is 33.4 Å². The molecular formula is C21H29N8O10PS. The van der Waals surface area contributed by atoms with E-state index in [1.54, 1.807) is 18.2 Å². The minimum absolute atomic E-state index is 0.000287. The lowest BCUT2D eigenvalue weighted by Gasteiger charge is -2.27. The van der Waals surface area contributed by atoms with Crippen LogP contribution >= 0.6 is 7.75 Å². The Labute approximate surface area is 234 Å². The van der Waals surface area contributed by atoms with E-state index in [4.69, 9.17) is 19.5 Å². The number of nitrogens with zero attached hydrogens (tertiary/aromatic N) is 5. The van der Waals surface area contributed by atoms with E-state index in [0.717, 1.165) is 18.4 Å². The fourth-order valence-electron chi connectivity index (χ4n) is 3.89. The second-order valence-corrected chi connectivity index (χ2v) is 12.5. The van der Waals surface area contributed by atoms with Crippen LogP contribution < -0.4 is 25.2 Å². The van der Waals surface area contributed by atoms with Crippen molar-refractivity contribution < 1.29 is 46.5 Å². The van der Waals surface area contributed by atoms with Gasteiger partial charge < -0.3 is 29.9 Å². The second-order valence-electron chi connectivity index (χ2n) is 9.10. The quantitative estimate of drug-likeness (QED) is 0.101. The second kappa shape index (κ2) is 11.5. The summed E-state index contributed by atoms with van der Waals surface area (Å²) in [5.74, 6) is -0.960. The Hall–Kier alpha value is -3.42. The van der Waals surface area contributed by atoms with Crippen LogP contribution in [0.25, 0.3) is 11.2 Å². The number of aromatic nitrogens is 4.